The molecule has 0 atom stereocenters. The molecule has 0 unspecified atom stereocenters. The Bertz CT molecular complexity index is 845. The number of thiazole rings is 1. The molecule has 3 rings (SSSR count). The SMILES string of the molecule is CNc1ccc(/C=C/C=C/c2nc3ccc(O)cc3s2)cn1.Cl.Cl. The molecule has 0 aliphatic heterocycles. The Balaban J connectivity index is 0.00000144. The number of pyridine rings is 1. The fourth-order valence-electron chi connectivity index (χ4n) is 1.96. The molecule has 0 fully saturated rings. The Morgan fingerprint density at radius 3 is 2.58 bits per heavy atom. The number of aromatic nitrogens is 2. The molecule has 1 aromatic carbocycles. The van der Waals surface area contributed by atoms with Crippen LogP contribution in [0.4, 0.5) is 5.82 Å². The maximum absolute atomic E-state index is 9.46. The monoisotopic (exact) mass is 381 g/mol. The van der Waals surface area contributed by atoms with Crippen molar-refractivity contribution in [1.82, 2.24) is 9.97 Å². The summed E-state index contributed by atoms with van der Waals surface area (Å²) in [5, 5.41) is 13.4. The Morgan fingerprint density at radius 2 is 1.88 bits per heavy atom. The smallest absolute Gasteiger partial charge is 0.125 e. The van der Waals surface area contributed by atoms with Gasteiger partial charge in [0.05, 0.1) is 10.2 Å². The number of allylic oxidation sites excluding steroid dienone is 2. The van der Waals surface area contributed by atoms with Gasteiger partial charge in [0.2, 0.25) is 0 Å². The second-order valence-corrected chi connectivity index (χ2v) is 5.71. The van der Waals surface area contributed by atoms with Crippen LogP contribution in [0.25, 0.3) is 22.4 Å². The lowest BCUT2D eigenvalue weighted by Gasteiger charge is -1.97. The number of fused-ring (bicyclic) bond motifs is 1. The zero-order valence-corrected chi connectivity index (χ0v) is 15.3. The molecule has 2 aromatic heterocycles. The first-order valence-corrected chi connectivity index (χ1v) is 7.64. The van der Waals surface area contributed by atoms with Gasteiger partial charge in [0, 0.05) is 13.2 Å². The van der Waals surface area contributed by atoms with Gasteiger partial charge in [0.15, 0.2) is 0 Å². The van der Waals surface area contributed by atoms with Crippen LogP contribution in [0.15, 0.2) is 48.7 Å². The van der Waals surface area contributed by atoms with Gasteiger partial charge in [0.25, 0.3) is 0 Å². The van der Waals surface area contributed by atoms with Crippen molar-refractivity contribution in [2.75, 3.05) is 12.4 Å². The van der Waals surface area contributed by atoms with Gasteiger partial charge < -0.3 is 10.4 Å². The van der Waals surface area contributed by atoms with E-state index in [-0.39, 0.29) is 30.6 Å². The van der Waals surface area contributed by atoms with Crippen molar-refractivity contribution in [3.63, 3.8) is 0 Å². The van der Waals surface area contributed by atoms with Crippen LogP contribution < -0.4 is 5.32 Å². The molecule has 2 N–H and O–H groups in total. The molecule has 0 saturated heterocycles. The number of anilines is 1. The fourth-order valence-corrected chi connectivity index (χ4v) is 2.87. The molecule has 0 radical (unpaired) electrons. The standard InChI is InChI=1S/C17H15N3OS.2ClH/c1-18-16-9-6-12(11-19-16)4-2-3-5-17-20-14-8-7-13(21)10-15(14)22-17;;/h2-11,21H,1H3,(H,18,19);2*1H/b4-2+,5-3+;;. The van der Waals surface area contributed by atoms with Crippen molar-refractivity contribution in [3.8, 4) is 5.75 Å². The second kappa shape index (κ2) is 9.27. The summed E-state index contributed by atoms with van der Waals surface area (Å²) < 4.78 is 0.982. The summed E-state index contributed by atoms with van der Waals surface area (Å²) in [6, 6.07) is 9.14. The molecule has 0 bridgehead atoms. The normalized spacial score (nSPS) is 10.7. The highest BCUT2D eigenvalue weighted by atomic mass is 35.5. The maximum Gasteiger partial charge on any atom is 0.125 e. The molecule has 0 amide bonds. The van der Waals surface area contributed by atoms with Crippen LogP contribution in [0.1, 0.15) is 10.6 Å². The van der Waals surface area contributed by atoms with E-state index >= 15 is 0 Å². The van der Waals surface area contributed by atoms with Gasteiger partial charge in [-0.25, -0.2) is 9.97 Å². The van der Waals surface area contributed by atoms with E-state index in [1.54, 1.807) is 23.5 Å². The van der Waals surface area contributed by atoms with Crippen LogP contribution in [-0.4, -0.2) is 22.1 Å². The fraction of sp³-hybridized carbons (Fsp3) is 0.0588. The van der Waals surface area contributed by atoms with Gasteiger partial charge in [0.1, 0.15) is 16.6 Å². The first-order valence-electron chi connectivity index (χ1n) is 6.83. The van der Waals surface area contributed by atoms with Crippen LogP contribution in [0, 0.1) is 0 Å². The summed E-state index contributed by atoms with van der Waals surface area (Å²) in [4.78, 5) is 8.74. The summed E-state index contributed by atoms with van der Waals surface area (Å²) in [5.74, 6) is 1.12. The summed E-state index contributed by atoms with van der Waals surface area (Å²) in [6.07, 6.45) is 9.66. The Labute approximate surface area is 156 Å². The number of hydrogen-bond donors (Lipinski definition) is 2. The molecule has 4 nitrogen and oxygen atoms in total. The number of rotatable bonds is 4. The summed E-state index contributed by atoms with van der Waals surface area (Å²) in [5.41, 5.74) is 1.94. The minimum Gasteiger partial charge on any atom is -0.508 e. The first kappa shape index (κ1) is 20.0. The number of aromatic hydroxyl groups is 1. The Hall–Kier alpha value is -2.08. The molecule has 3 aromatic rings. The molecule has 7 heteroatoms. The maximum atomic E-state index is 9.46. The van der Waals surface area contributed by atoms with Crippen LogP contribution >= 0.6 is 36.2 Å². The van der Waals surface area contributed by atoms with Crippen LogP contribution in [0.5, 0.6) is 5.75 Å². The Kier molecular flexibility index (Phi) is 7.71. The summed E-state index contributed by atoms with van der Waals surface area (Å²) in [7, 11) is 1.85. The van der Waals surface area contributed by atoms with E-state index in [9.17, 15) is 5.11 Å². The lowest BCUT2D eigenvalue weighted by molar-refractivity contribution is 0.476. The third-order valence-corrected chi connectivity index (χ3v) is 4.05. The largest absolute Gasteiger partial charge is 0.508 e. The van der Waals surface area contributed by atoms with E-state index in [4.69, 9.17) is 0 Å². The van der Waals surface area contributed by atoms with Crippen molar-refractivity contribution in [3.05, 3.63) is 59.3 Å². The average molecular weight is 382 g/mol. The molecule has 0 aliphatic carbocycles. The van der Waals surface area contributed by atoms with Gasteiger partial charge in [-0.05, 0) is 42.0 Å². The number of nitrogens with one attached hydrogen (secondary N) is 1. The van der Waals surface area contributed by atoms with Gasteiger partial charge in [-0.15, -0.1) is 36.2 Å². The van der Waals surface area contributed by atoms with Crippen molar-refractivity contribution in [1.29, 1.82) is 0 Å². The first-order chi connectivity index (χ1) is 10.7. The molecule has 0 saturated carbocycles. The van der Waals surface area contributed by atoms with Gasteiger partial charge >= 0.3 is 0 Å². The van der Waals surface area contributed by atoms with Gasteiger partial charge in [-0.1, -0.05) is 18.2 Å². The number of benzene rings is 1. The predicted octanol–water partition coefficient (Wildman–Crippen LogP) is 5.01. The van der Waals surface area contributed by atoms with Crippen LogP contribution in [0.3, 0.4) is 0 Å². The van der Waals surface area contributed by atoms with Gasteiger partial charge in [-0.2, -0.15) is 0 Å². The summed E-state index contributed by atoms with van der Waals surface area (Å²) >= 11 is 1.55. The quantitative estimate of drug-likeness (QED) is 0.623. The van der Waals surface area contributed by atoms with E-state index in [0.717, 1.165) is 26.6 Å². The molecule has 2 heterocycles. The molecule has 24 heavy (non-hydrogen) atoms. The van der Waals surface area contributed by atoms with Crippen molar-refractivity contribution in [2.24, 2.45) is 0 Å². The second-order valence-electron chi connectivity index (χ2n) is 4.65. The number of phenolic OH excluding ortho intramolecular Hbond substituents is 1. The number of hydrogen-bond acceptors (Lipinski definition) is 5. The topological polar surface area (TPSA) is 58.0 Å². The van der Waals surface area contributed by atoms with Crippen molar-refractivity contribution in [2.45, 2.75) is 0 Å². The zero-order valence-electron chi connectivity index (χ0n) is 12.8. The zero-order chi connectivity index (χ0) is 15.4. The molecule has 0 aliphatic rings. The molecular weight excluding hydrogens is 365 g/mol. The highest BCUT2D eigenvalue weighted by Crippen LogP contribution is 2.26. The molecule has 126 valence electrons. The average Bonchev–Trinajstić information content (AvgIpc) is 2.94. The predicted molar refractivity (Wildman–Crippen MR) is 108 cm³/mol. The van der Waals surface area contributed by atoms with Crippen LogP contribution in [0.2, 0.25) is 0 Å². The van der Waals surface area contributed by atoms with E-state index in [2.05, 4.69) is 15.3 Å². The number of halogens is 2. The van der Waals surface area contributed by atoms with E-state index in [1.807, 2.05) is 55.7 Å². The van der Waals surface area contributed by atoms with Crippen molar-refractivity contribution < 1.29 is 5.11 Å². The molecular formula is C17H17Cl2N3OS. The van der Waals surface area contributed by atoms with Crippen molar-refractivity contribution >= 4 is 64.3 Å². The minimum atomic E-state index is 0. The van der Waals surface area contributed by atoms with E-state index in [0.29, 0.717) is 0 Å². The lowest BCUT2D eigenvalue weighted by Crippen LogP contribution is -1.90. The number of nitrogens with zero attached hydrogens (tertiary/aromatic N) is 2. The summed E-state index contributed by atoms with van der Waals surface area (Å²) in [6.45, 7) is 0. The highest BCUT2D eigenvalue weighted by Gasteiger charge is 2.01. The number of phenols is 1. The third-order valence-electron chi connectivity index (χ3n) is 3.07. The third kappa shape index (κ3) is 4.96. The van der Waals surface area contributed by atoms with E-state index in [1.165, 1.54) is 0 Å². The Morgan fingerprint density at radius 1 is 1.08 bits per heavy atom. The highest BCUT2D eigenvalue weighted by molar-refractivity contribution is 7.19. The minimum absolute atomic E-state index is 0. The van der Waals surface area contributed by atoms with Crippen LogP contribution in [-0.2, 0) is 0 Å². The van der Waals surface area contributed by atoms with E-state index < -0.39 is 0 Å². The van der Waals surface area contributed by atoms with Gasteiger partial charge in [-0.3, -0.25) is 0 Å². The lowest BCUT2D eigenvalue weighted by atomic mass is 10.2. The molecule has 0 spiro atoms.